The number of nitrogens with two attached hydrogens (primary N) is 1. The van der Waals surface area contributed by atoms with Gasteiger partial charge in [0, 0.05) is 39.7 Å². The van der Waals surface area contributed by atoms with Crippen LogP contribution in [-0.4, -0.2) is 16.8 Å². The summed E-state index contributed by atoms with van der Waals surface area (Å²) in [6.07, 6.45) is 0. The molecule has 2 amide bonds. The van der Waals surface area contributed by atoms with E-state index in [1.54, 1.807) is 6.07 Å². The summed E-state index contributed by atoms with van der Waals surface area (Å²) < 4.78 is 0.693. The number of hydrogen-bond acceptors (Lipinski definition) is 2. The molecule has 6 heteroatoms. The Balaban J connectivity index is 2.16. The molecule has 0 spiro atoms. The van der Waals surface area contributed by atoms with Crippen molar-refractivity contribution in [2.45, 2.75) is 13.5 Å². The average molecular weight is 360 g/mol. The molecule has 0 saturated carbocycles. The molecule has 3 rings (SSSR count). The highest BCUT2D eigenvalue weighted by molar-refractivity contribution is 9.10. The van der Waals surface area contributed by atoms with E-state index in [9.17, 15) is 9.59 Å². The normalized spacial score (nSPS) is 11.0. The quantitative estimate of drug-likeness (QED) is 0.671. The number of rotatable bonds is 3. The lowest BCUT2D eigenvalue weighted by molar-refractivity contribution is -0.119. The van der Waals surface area contributed by atoms with Crippen LogP contribution in [-0.2, 0) is 11.3 Å². The average Bonchev–Trinajstić information content (AvgIpc) is 2.83. The van der Waals surface area contributed by atoms with Crippen LogP contribution >= 0.6 is 15.9 Å². The summed E-state index contributed by atoms with van der Waals surface area (Å²) in [5.74, 6) is -0.531. The third-order valence-corrected chi connectivity index (χ3v) is 4.40. The molecule has 5 nitrogen and oxygen atoms in total. The van der Waals surface area contributed by atoms with E-state index in [1.807, 2.05) is 24.3 Å². The maximum Gasteiger partial charge on any atom is 0.249 e. The number of carbonyl (C=O) groups excluding carboxylic acids is 2. The van der Waals surface area contributed by atoms with Gasteiger partial charge in [-0.15, -0.1) is 0 Å². The van der Waals surface area contributed by atoms with Gasteiger partial charge >= 0.3 is 0 Å². The van der Waals surface area contributed by atoms with Crippen LogP contribution in [0.2, 0.25) is 0 Å². The molecule has 0 unspecified atom stereocenters. The first-order chi connectivity index (χ1) is 10.5. The molecule has 0 saturated heterocycles. The standard InChI is InChI=1S/C16H14BrN3O2/c1-8(21)19-7-9-2-3-10-13(6-9)20-12-5-4-11(16(18)22)15(17)14(10)12/h2-6,20H,7H2,1H3,(H2,18,22)(H,19,21). The van der Waals surface area contributed by atoms with Crippen molar-refractivity contribution in [3.05, 3.63) is 45.9 Å². The molecule has 0 radical (unpaired) electrons. The zero-order chi connectivity index (χ0) is 15.9. The van der Waals surface area contributed by atoms with E-state index in [2.05, 4.69) is 26.2 Å². The summed E-state index contributed by atoms with van der Waals surface area (Å²) >= 11 is 3.47. The maximum atomic E-state index is 11.5. The van der Waals surface area contributed by atoms with Crippen LogP contribution in [0.3, 0.4) is 0 Å². The number of carbonyl (C=O) groups is 2. The van der Waals surface area contributed by atoms with Crippen molar-refractivity contribution in [2.75, 3.05) is 0 Å². The highest BCUT2D eigenvalue weighted by atomic mass is 79.9. The van der Waals surface area contributed by atoms with Crippen LogP contribution in [0.15, 0.2) is 34.8 Å². The number of aromatic amines is 1. The molecule has 112 valence electrons. The Morgan fingerprint density at radius 3 is 2.68 bits per heavy atom. The number of fused-ring (bicyclic) bond motifs is 3. The van der Waals surface area contributed by atoms with E-state index >= 15 is 0 Å². The first-order valence-corrected chi connectivity index (χ1v) is 7.53. The molecule has 4 N–H and O–H groups in total. The van der Waals surface area contributed by atoms with Gasteiger partial charge in [0.05, 0.1) is 5.56 Å². The summed E-state index contributed by atoms with van der Waals surface area (Å²) in [4.78, 5) is 25.8. The Kier molecular flexibility index (Phi) is 3.62. The number of hydrogen-bond donors (Lipinski definition) is 3. The molecule has 0 aliphatic carbocycles. The first-order valence-electron chi connectivity index (χ1n) is 6.74. The van der Waals surface area contributed by atoms with Gasteiger partial charge < -0.3 is 16.0 Å². The molecule has 1 heterocycles. The molecule has 0 aliphatic heterocycles. The minimum Gasteiger partial charge on any atom is -0.366 e. The van der Waals surface area contributed by atoms with Crippen molar-refractivity contribution in [3.63, 3.8) is 0 Å². The minimum atomic E-state index is -0.467. The summed E-state index contributed by atoms with van der Waals surface area (Å²) in [5, 5.41) is 4.70. The fourth-order valence-corrected chi connectivity index (χ4v) is 3.28. The van der Waals surface area contributed by atoms with Gasteiger partial charge in [-0.3, -0.25) is 9.59 Å². The van der Waals surface area contributed by atoms with Gasteiger partial charge in [-0.05, 0) is 39.7 Å². The lowest BCUT2D eigenvalue weighted by Crippen LogP contribution is -2.18. The number of H-pyrrole nitrogens is 1. The third kappa shape index (κ3) is 2.46. The van der Waals surface area contributed by atoms with Gasteiger partial charge in [0.25, 0.3) is 0 Å². The molecule has 0 fully saturated rings. The second-order valence-corrected chi connectivity index (χ2v) is 5.92. The van der Waals surface area contributed by atoms with Gasteiger partial charge in [0.15, 0.2) is 0 Å². The molecule has 0 atom stereocenters. The summed E-state index contributed by atoms with van der Waals surface area (Å²) in [5.41, 5.74) is 8.71. The van der Waals surface area contributed by atoms with Crippen molar-refractivity contribution >= 4 is 49.6 Å². The Hall–Kier alpha value is -2.34. The minimum absolute atomic E-state index is 0.0643. The van der Waals surface area contributed by atoms with Crippen LogP contribution < -0.4 is 11.1 Å². The van der Waals surface area contributed by atoms with Crippen molar-refractivity contribution in [1.82, 2.24) is 10.3 Å². The zero-order valence-electron chi connectivity index (χ0n) is 11.9. The number of aromatic nitrogens is 1. The smallest absolute Gasteiger partial charge is 0.249 e. The Morgan fingerprint density at radius 2 is 2.00 bits per heavy atom. The number of amides is 2. The van der Waals surface area contributed by atoms with Gasteiger partial charge in [0.2, 0.25) is 11.8 Å². The number of benzene rings is 2. The largest absolute Gasteiger partial charge is 0.366 e. The SMILES string of the molecule is CC(=O)NCc1ccc2c(c1)[nH]c1ccc(C(N)=O)c(Br)c12. The molecule has 0 aliphatic rings. The molecular formula is C16H14BrN3O2. The van der Waals surface area contributed by atoms with Crippen molar-refractivity contribution in [2.24, 2.45) is 5.73 Å². The lowest BCUT2D eigenvalue weighted by Gasteiger charge is -2.03. The van der Waals surface area contributed by atoms with E-state index < -0.39 is 5.91 Å². The van der Waals surface area contributed by atoms with Crippen molar-refractivity contribution in [1.29, 1.82) is 0 Å². The van der Waals surface area contributed by atoms with E-state index in [4.69, 9.17) is 5.73 Å². The van der Waals surface area contributed by atoms with Gasteiger partial charge in [-0.1, -0.05) is 12.1 Å². The molecular weight excluding hydrogens is 346 g/mol. The second kappa shape index (κ2) is 5.46. The number of nitrogens with one attached hydrogen (secondary N) is 2. The summed E-state index contributed by atoms with van der Waals surface area (Å²) in [6.45, 7) is 1.97. The highest BCUT2D eigenvalue weighted by Gasteiger charge is 2.14. The van der Waals surface area contributed by atoms with Gasteiger partial charge in [0.1, 0.15) is 0 Å². The zero-order valence-corrected chi connectivity index (χ0v) is 13.5. The Labute approximate surface area is 135 Å². The molecule has 0 bridgehead atoms. The predicted molar refractivity (Wildman–Crippen MR) is 89.5 cm³/mol. The molecule has 22 heavy (non-hydrogen) atoms. The topological polar surface area (TPSA) is 88.0 Å². The fraction of sp³-hybridized carbons (Fsp3) is 0.125. The predicted octanol–water partition coefficient (Wildman–Crippen LogP) is 2.82. The monoisotopic (exact) mass is 359 g/mol. The second-order valence-electron chi connectivity index (χ2n) is 5.13. The van der Waals surface area contributed by atoms with Crippen molar-refractivity contribution < 1.29 is 9.59 Å². The van der Waals surface area contributed by atoms with E-state index in [-0.39, 0.29) is 5.91 Å². The van der Waals surface area contributed by atoms with E-state index in [1.165, 1.54) is 6.92 Å². The summed E-state index contributed by atoms with van der Waals surface area (Å²) in [6, 6.07) is 9.45. The number of primary amides is 1. The van der Waals surface area contributed by atoms with Crippen LogP contribution in [0.5, 0.6) is 0 Å². The van der Waals surface area contributed by atoms with E-state index in [0.717, 1.165) is 27.4 Å². The van der Waals surface area contributed by atoms with Gasteiger partial charge in [-0.2, -0.15) is 0 Å². The Bertz CT molecular complexity index is 915. The number of halogens is 1. The Morgan fingerprint density at radius 1 is 1.23 bits per heavy atom. The first kappa shape index (κ1) is 14.6. The fourth-order valence-electron chi connectivity index (χ4n) is 2.53. The molecule has 3 aromatic rings. The van der Waals surface area contributed by atoms with Crippen LogP contribution in [0.1, 0.15) is 22.8 Å². The maximum absolute atomic E-state index is 11.5. The molecule has 2 aromatic carbocycles. The van der Waals surface area contributed by atoms with Crippen LogP contribution in [0.25, 0.3) is 21.8 Å². The van der Waals surface area contributed by atoms with Gasteiger partial charge in [-0.25, -0.2) is 0 Å². The van der Waals surface area contributed by atoms with Crippen molar-refractivity contribution in [3.8, 4) is 0 Å². The van der Waals surface area contributed by atoms with Crippen LogP contribution in [0.4, 0.5) is 0 Å². The van der Waals surface area contributed by atoms with E-state index in [0.29, 0.717) is 16.6 Å². The highest BCUT2D eigenvalue weighted by Crippen LogP contribution is 2.34. The van der Waals surface area contributed by atoms with Crippen LogP contribution in [0, 0.1) is 0 Å². The molecule has 1 aromatic heterocycles. The third-order valence-electron chi connectivity index (χ3n) is 3.57. The summed E-state index contributed by atoms with van der Waals surface area (Å²) in [7, 11) is 0. The lowest BCUT2D eigenvalue weighted by atomic mass is 10.1.